The predicted octanol–water partition coefficient (Wildman–Crippen LogP) is 3.24. The molecule has 0 spiro atoms. The lowest BCUT2D eigenvalue weighted by Crippen LogP contribution is -2.29. The van der Waals surface area contributed by atoms with Crippen LogP contribution in [0, 0.1) is 5.92 Å². The normalized spacial score (nSPS) is 17.3. The molecule has 1 aromatic carbocycles. The Balaban J connectivity index is 1.37. The maximum Gasteiger partial charge on any atom is 0.261 e. The topological polar surface area (TPSA) is 92.3 Å². The molecule has 27 heavy (non-hydrogen) atoms. The molecule has 0 saturated heterocycles. The number of hydrogen-bond acceptors (Lipinski definition) is 6. The summed E-state index contributed by atoms with van der Waals surface area (Å²) < 4.78 is 0. The van der Waals surface area contributed by atoms with Crippen molar-refractivity contribution in [3.05, 3.63) is 40.4 Å². The van der Waals surface area contributed by atoms with Crippen molar-refractivity contribution in [1.29, 1.82) is 0 Å². The van der Waals surface area contributed by atoms with E-state index in [9.17, 15) is 14.4 Å². The zero-order valence-corrected chi connectivity index (χ0v) is 15.6. The minimum atomic E-state index is -0.325. The molecule has 0 radical (unpaired) electrons. The largest absolute Gasteiger partial charge is 0.301 e. The third-order valence-corrected chi connectivity index (χ3v) is 5.91. The number of nitrogens with one attached hydrogen (secondary N) is 1. The molecule has 1 aliphatic heterocycles. The molecular formula is C19H20N4O3S. The molecule has 2 aliphatic rings. The van der Waals surface area contributed by atoms with E-state index in [-0.39, 0.29) is 24.3 Å². The molecular weight excluding hydrogens is 364 g/mol. The van der Waals surface area contributed by atoms with Crippen LogP contribution in [0.2, 0.25) is 0 Å². The fourth-order valence-corrected chi connectivity index (χ4v) is 4.45. The second kappa shape index (κ2) is 7.56. The third kappa shape index (κ3) is 3.75. The van der Waals surface area contributed by atoms with E-state index in [2.05, 4.69) is 15.5 Å². The summed E-state index contributed by atoms with van der Waals surface area (Å²) in [5.41, 5.74) is 0.820. The van der Waals surface area contributed by atoms with Gasteiger partial charge in [-0.3, -0.25) is 19.3 Å². The van der Waals surface area contributed by atoms with Crippen LogP contribution in [-0.4, -0.2) is 32.8 Å². The van der Waals surface area contributed by atoms with Gasteiger partial charge in [0.1, 0.15) is 5.01 Å². The standard InChI is InChI=1S/C19H20N4O3S/c24-15(10-12-6-2-1-3-7-12)20-19-22-21-16(27-19)11-23-17(25)13-8-4-5-9-14(13)18(23)26/h4-5,8-9,12H,1-3,6-7,10-11H2,(H,20,22,24). The monoisotopic (exact) mass is 384 g/mol. The van der Waals surface area contributed by atoms with Crippen LogP contribution in [0.15, 0.2) is 24.3 Å². The van der Waals surface area contributed by atoms with Gasteiger partial charge in [0.05, 0.1) is 17.7 Å². The molecule has 0 atom stereocenters. The van der Waals surface area contributed by atoms with E-state index in [0.29, 0.717) is 33.6 Å². The van der Waals surface area contributed by atoms with Gasteiger partial charge in [0.25, 0.3) is 11.8 Å². The van der Waals surface area contributed by atoms with E-state index in [1.807, 2.05) is 0 Å². The number of aromatic nitrogens is 2. The summed E-state index contributed by atoms with van der Waals surface area (Å²) in [4.78, 5) is 38.2. The van der Waals surface area contributed by atoms with E-state index in [4.69, 9.17) is 0 Å². The minimum absolute atomic E-state index is 0.0506. The Bertz CT molecular complexity index is 854. The molecule has 3 amide bonds. The van der Waals surface area contributed by atoms with Crippen LogP contribution in [0.1, 0.15) is 64.2 Å². The van der Waals surface area contributed by atoms with Crippen molar-refractivity contribution >= 4 is 34.2 Å². The van der Waals surface area contributed by atoms with Crippen molar-refractivity contribution in [2.75, 3.05) is 5.32 Å². The summed E-state index contributed by atoms with van der Waals surface area (Å²) in [6.45, 7) is 0.0580. The van der Waals surface area contributed by atoms with Gasteiger partial charge in [0.15, 0.2) is 0 Å². The van der Waals surface area contributed by atoms with E-state index in [1.165, 1.54) is 35.5 Å². The first-order valence-corrected chi connectivity index (χ1v) is 10.0. The molecule has 2 heterocycles. The number of carbonyl (C=O) groups is 3. The highest BCUT2D eigenvalue weighted by molar-refractivity contribution is 7.15. The smallest absolute Gasteiger partial charge is 0.261 e. The fourth-order valence-electron chi connectivity index (χ4n) is 3.71. The number of amides is 3. The second-order valence-electron chi connectivity index (χ2n) is 7.00. The van der Waals surface area contributed by atoms with E-state index in [1.54, 1.807) is 24.3 Å². The molecule has 7 nitrogen and oxygen atoms in total. The summed E-state index contributed by atoms with van der Waals surface area (Å²) in [6, 6.07) is 6.76. The molecule has 1 aliphatic carbocycles. The van der Waals surface area contributed by atoms with Crippen LogP contribution in [0.25, 0.3) is 0 Å². The average molecular weight is 384 g/mol. The molecule has 0 bridgehead atoms. The molecule has 140 valence electrons. The zero-order valence-electron chi connectivity index (χ0n) is 14.8. The van der Waals surface area contributed by atoms with Gasteiger partial charge >= 0.3 is 0 Å². The Morgan fingerprint density at radius 3 is 2.41 bits per heavy atom. The van der Waals surface area contributed by atoms with Crippen molar-refractivity contribution in [1.82, 2.24) is 15.1 Å². The molecule has 8 heteroatoms. The van der Waals surface area contributed by atoms with Gasteiger partial charge in [-0.25, -0.2) is 0 Å². The molecule has 0 unspecified atom stereocenters. The molecule has 1 saturated carbocycles. The highest BCUT2D eigenvalue weighted by Gasteiger charge is 2.35. The molecule has 1 aromatic heterocycles. The fraction of sp³-hybridized carbons (Fsp3) is 0.421. The van der Waals surface area contributed by atoms with Crippen LogP contribution in [0.3, 0.4) is 0 Å². The highest BCUT2D eigenvalue weighted by Crippen LogP contribution is 2.28. The number of carbonyl (C=O) groups excluding carboxylic acids is 3. The van der Waals surface area contributed by atoms with Crippen molar-refractivity contribution in [2.24, 2.45) is 5.92 Å². The third-order valence-electron chi connectivity index (χ3n) is 5.08. The van der Waals surface area contributed by atoms with Gasteiger partial charge in [0, 0.05) is 6.42 Å². The number of rotatable bonds is 5. The Hall–Kier alpha value is -2.61. The first-order chi connectivity index (χ1) is 13.1. The molecule has 1 N–H and O–H groups in total. The van der Waals surface area contributed by atoms with Crippen molar-refractivity contribution in [3.8, 4) is 0 Å². The van der Waals surface area contributed by atoms with E-state index < -0.39 is 0 Å². The van der Waals surface area contributed by atoms with Crippen molar-refractivity contribution in [2.45, 2.75) is 45.1 Å². The zero-order chi connectivity index (χ0) is 18.8. The minimum Gasteiger partial charge on any atom is -0.301 e. The van der Waals surface area contributed by atoms with Gasteiger partial charge in [0.2, 0.25) is 11.0 Å². The van der Waals surface area contributed by atoms with Crippen LogP contribution in [0.4, 0.5) is 5.13 Å². The van der Waals surface area contributed by atoms with Crippen LogP contribution >= 0.6 is 11.3 Å². The molecule has 2 aromatic rings. The Morgan fingerprint density at radius 1 is 1.07 bits per heavy atom. The maximum atomic E-state index is 12.4. The van der Waals surface area contributed by atoms with Crippen LogP contribution in [0.5, 0.6) is 0 Å². The first-order valence-electron chi connectivity index (χ1n) is 9.19. The summed E-state index contributed by atoms with van der Waals surface area (Å²) >= 11 is 1.19. The SMILES string of the molecule is O=C(CC1CCCCC1)Nc1nnc(CN2C(=O)c3ccccc3C2=O)s1. The summed E-state index contributed by atoms with van der Waals surface area (Å²) in [5, 5.41) is 11.7. The van der Waals surface area contributed by atoms with Crippen molar-refractivity contribution in [3.63, 3.8) is 0 Å². The predicted molar refractivity (Wildman–Crippen MR) is 100 cm³/mol. The molecule has 1 fully saturated rings. The Labute approximate surface area is 160 Å². The lowest BCUT2D eigenvalue weighted by atomic mass is 9.87. The van der Waals surface area contributed by atoms with Crippen molar-refractivity contribution < 1.29 is 14.4 Å². The second-order valence-corrected chi connectivity index (χ2v) is 8.06. The first kappa shape index (κ1) is 17.8. The number of anilines is 1. The van der Waals surface area contributed by atoms with Gasteiger partial charge in [-0.15, -0.1) is 10.2 Å². The van der Waals surface area contributed by atoms with Gasteiger partial charge in [-0.1, -0.05) is 42.7 Å². The number of fused-ring (bicyclic) bond motifs is 1. The maximum absolute atomic E-state index is 12.4. The summed E-state index contributed by atoms with van der Waals surface area (Å²) in [7, 11) is 0. The van der Waals surface area contributed by atoms with Crippen LogP contribution < -0.4 is 5.32 Å². The number of imide groups is 1. The molecule has 4 rings (SSSR count). The van der Waals surface area contributed by atoms with Crippen LogP contribution in [-0.2, 0) is 11.3 Å². The van der Waals surface area contributed by atoms with Gasteiger partial charge in [-0.2, -0.15) is 0 Å². The number of nitrogens with zero attached hydrogens (tertiary/aromatic N) is 3. The van der Waals surface area contributed by atoms with Gasteiger partial charge < -0.3 is 5.32 Å². The Morgan fingerprint density at radius 2 is 1.74 bits per heavy atom. The Kier molecular flexibility index (Phi) is 4.98. The average Bonchev–Trinajstić information content (AvgIpc) is 3.21. The number of benzene rings is 1. The number of hydrogen-bond donors (Lipinski definition) is 1. The summed E-state index contributed by atoms with van der Waals surface area (Å²) in [5.74, 6) is -0.253. The highest BCUT2D eigenvalue weighted by atomic mass is 32.1. The lowest BCUT2D eigenvalue weighted by molar-refractivity contribution is -0.117. The van der Waals surface area contributed by atoms with Gasteiger partial charge in [-0.05, 0) is 30.9 Å². The summed E-state index contributed by atoms with van der Waals surface area (Å²) in [6.07, 6.45) is 6.37. The van der Waals surface area contributed by atoms with E-state index in [0.717, 1.165) is 12.8 Å². The quantitative estimate of drug-likeness (QED) is 0.799. The van der Waals surface area contributed by atoms with E-state index >= 15 is 0 Å². The lowest BCUT2D eigenvalue weighted by Gasteiger charge is -2.20.